The summed E-state index contributed by atoms with van der Waals surface area (Å²) in [7, 11) is 0. The molecule has 10 nitrogen and oxygen atoms in total. The number of halogens is 5. The van der Waals surface area contributed by atoms with Crippen molar-refractivity contribution in [2.24, 2.45) is 0 Å². The molecule has 4 aromatic rings. The van der Waals surface area contributed by atoms with Crippen molar-refractivity contribution in [2.45, 2.75) is 52.1 Å². The average Bonchev–Trinajstić information content (AvgIpc) is 2.98. The van der Waals surface area contributed by atoms with E-state index in [4.69, 9.17) is 14.2 Å². The first-order valence-corrected chi connectivity index (χ1v) is 14.4. The standard InChI is InChI=1S/C32H32F5N3O7/c1-31(2,3)47-30(43)40(18-19-14-24(33)27(25(34)15-19)46-32(35,36)37)10-4-5-11-44-12-13-45-28-22-8-9-38-17-23(22)21-7-6-20(29(41)42)16-26(21)39-28/h6-9,14-17H,4-5,10-13,18H2,1-3H3,(H,41,42). The van der Waals surface area contributed by atoms with Crippen molar-refractivity contribution in [1.29, 1.82) is 0 Å². The highest BCUT2D eigenvalue weighted by atomic mass is 19.4. The SMILES string of the molecule is CC(C)(C)OC(=O)N(CCCCOCCOc1nc2cc(C(=O)O)ccc2c2cnccc12)Cc1cc(F)c(OC(F)(F)F)c(F)c1. The maximum Gasteiger partial charge on any atom is 0.573 e. The Balaban J connectivity index is 1.31. The summed E-state index contributed by atoms with van der Waals surface area (Å²) in [6, 6.07) is 7.70. The number of hydrogen-bond acceptors (Lipinski definition) is 8. The predicted octanol–water partition coefficient (Wildman–Crippen LogP) is 7.27. The molecule has 2 aromatic heterocycles. The summed E-state index contributed by atoms with van der Waals surface area (Å²) < 4.78 is 86.4. The highest BCUT2D eigenvalue weighted by Gasteiger charge is 2.34. The van der Waals surface area contributed by atoms with E-state index in [1.807, 2.05) is 0 Å². The van der Waals surface area contributed by atoms with Crippen LogP contribution in [0.15, 0.2) is 48.8 Å². The Labute approximate surface area is 266 Å². The van der Waals surface area contributed by atoms with Gasteiger partial charge in [0.25, 0.3) is 0 Å². The molecule has 0 radical (unpaired) electrons. The van der Waals surface area contributed by atoms with Crippen LogP contribution in [0, 0.1) is 11.6 Å². The van der Waals surface area contributed by atoms with Gasteiger partial charge in [0, 0.05) is 48.2 Å². The van der Waals surface area contributed by atoms with E-state index in [9.17, 15) is 36.6 Å². The molecule has 0 aliphatic rings. The van der Waals surface area contributed by atoms with E-state index < -0.39 is 41.4 Å². The number of nitrogens with zero attached hydrogens (tertiary/aromatic N) is 3. The van der Waals surface area contributed by atoms with Gasteiger partial charge in [-0.25, -0.2) is 23.4 Å². The Hall–Kier alpha value is -4.79. The fourth-order valence-electron chi connectivity index (χ4n) is 4.56. The van der Waals surface area contributed by atoms with Crippen molar-refractivity contribution in [2.75, 3.05) is 26.4 Å². The van der Waals surface area contributed by atoms with Gasteiger partial charge in [-0.05, 0) is 69.5 Å². The molecule has 2 heterocycles. The summed E-state index contributed by atoms with van der Waals surface area (Å²) in [5, 5.41) is 11.5. The summed E-state index contributed by atoms with van der Waals surface area (Å²) in [5.74, 6) is -5.50. The number of ether oxygens (including phenoxy) is 4. The minimum absolute atomic E-state index is 0.0838. The van der Waals surface area contributed by atoms with Crippen LogP contribution in [0.1, 0.15) is 49.5 Å². The van der Waals surface area contributed by atoms with Crippen molar-refractivity contribution in [1.82, 2.24) is 14.9 Å². The second kappa shape index (κ2) is 14.8. The van der Waals surface area contributed by atoms with Crippen LogP contribution in [0.4, 0.5) is 26.7 Å². The number of alkyl halides is 3. The van der Waals surface area contributed by atoms with Gasteiger partial charge < -0.3 is 29.0 Å². The van der Waals surface area contributed by atoms with Crippen LogP contribution in [0.5, 0.6) is 11.6 Å². The van der Waals surface area contributed by atoms with E-state index in [1.165, 1.54) is 17.0 Å². The van der Waals surface area contributed by atoms with E-state index in [-0.39, 0.29) is 44.0 Å². The summed E-state index contributed by atoms with van der Waals surface area (Å²) in [4.78, 5) is 34.1. The lowest BCUT2D eigenvalue weighted by atomic mass is 10.1. The smallest absolute Gasteiger partial charge is 0.478 e. The minimum atomic E-state index is -5.28. The second-order valence-corrected chi connectivity index (χ2v) is 11.4. The van der Waals surface area contributed by atoms with Crippen molar-refractivity contribution in [3.8, 4) is 11.6 Å². The topological polar surface area (TPSA) is 120 Å². The average molecular weight is 666 g/mol. The van der Waals surface area contributed by atoms with E-state index in [0.717, 1.165) is 10.8 Å². The maximum absolute atomic E-state index is 14.3. The molecule has 0 atom stereocenters. The van der Waals surface area contributed by atoms with Crippen molar-refractivity contribution in [3.05, 3.63) is 71.6 Å². The monoisotopic (exact) mass is 665 g/mol. The largest absolute Gasteiger partial charge is 0.573 e. The number of carbonyl (C=O) groups excluding carboxylic acids is 1. The number of aromatic carboxylic acids is 1. The van der Waals surface area contributed by atoms with Crippen molar-refractivity contribution < 1.29 is 55.6 Å². The van der Waals surface area contributed by atoms with Gasteiger partial charge in [-0.2, -0.15) is 0 Å². The molecule has 252 valence electrons. The van der Waals surface area contributed by atoms with Gasteiger partial charge in [0.05, 0.1) is 17.7 Å². The van der Waals surface area contributed by atoms with Crippen LogP contribution in [0.3, 0.4) is 0 Å². The fraction of sp³-hybridized carbons (Fsp3) is 0.375. The molecule has 0 aliphatic heterocycles. The molecule has 1 amide bonds. The van der Waals surface area contributed by atoms with Crippen molar-refractivity contribution >= 4 is 33.7 Å². The molecule has 0 bridgehead atoms. The highest BCUT2D eigenvalue weighted by Crippen LogP contribution is 2.31. The van der Waals surface area contributed by atoms with Gasteiger partial charge in [-0.1, -0.05) is 6.07 Å². The lowest BCUT2D eigenvalue weighted by Crippen LogP contribution is -2.37. The number of carboxylic acid groups (broad SMARTS) is 1. The number of unbranched alkanes of at least 4 members (excludes halogenated alkanes) is 1. The van der Waals surface area contributed by atoms with E-state index in [0.29, 0.717) is 41.8 Å². The number of rotatable bonds is 13. The molecule has 0 aliphatic carbocycles. The molecule has 0 saturated heterocycles. The molecule has 15 heteroatoms. The van der Waals surface area contributed by atoms with Gasteiger partial charge in [0.1, 0.15) is 12.2 Å². The van der Waals surface area contributed by atoms with Gasteiger partial charge >= 0.3 is 18.4 Å². The zero-order valence-electron chi connectivity index (χ0n) is 25.7. The number of aromatic nitrogens is 2. The minimum Gasteiger partial charge on any atom is -0.478 e. The number of carbonyl (C=O) groups is 2. The first-order chi connectivity index (χ1) is 22.1. The summed E-state index contributed by atoms with van der Waals surface area (Å²) in [6.07, 6.45) is -1.95. The molecule has 0 unspecified atom stereocenters. The molecular weight excluding hydrogens is 633 g/mol. The number of amides is 1. The van der Waals surface area contributed by atoms with Gasteiger partial charge in [0.15, 0.2) is 11.6 Å². The lowest BCUT2D eigenvalue weighted by molar-refractivity contribution is -0.276. The summed E-state index contributed by atoms with van der Waals surface area (Å²) in [6.45, 7) is 5.27. The Morgan fingerprint density at radius 3 is 2.30 bits per heavy atom. The third kappa shape index (κ3) is 9.85. The van der Waals surface area contributed by atoms with Crippen LogP contribution >= 0.6 is 0 Å². The molecule has 0 fully saturated rings. The third-order valence-electron chi connectivity index (χ3n) is 6.54. The molecular formula is C32H32F5N3O7. The lowest BCUT2D eigenvalue weighted by Gasteiger charge is -2.27. The third-order valence-corrected chi connectivity index (χ3v) is 6.54. The fourth-order valence-corrected chi connectivity index (χ4v) is 4.56. The highest BCUT2D eigenvalue weighted by molar-refractivity contribution is 6.08. The van der Waals surface area contributed by atoms with Crippen LogP contribution in [0.25, 0.3) is 21.7 Å². The Morgan fingerprint density at radius 1 is 0.915 bits per heavy atom. The number of hydrogen-bond donors (Lipinski definition) is 1. The van der Waals surface area contributed by atoms with Gasteiger partial charge in [0.2, 0.25) is 11.6 Å². The molecule has 0 spiro atoms. The summed E-state index contributed by atoms with van der Waals surface area (Å²) in [5.41, 5.74) is -0.453. The number of fused-ring (bicyclic) bond motifs is 3. The molecule has 1 N–H and O–H groups in total. The number of carboxylic acids is 1. The van der Waals surface area contributed by atoms with Crippen LogP contribution in [0.2, 0.25) is 0 Å². The van der Waals surface area contributed by atoms with Gasteiger partial charge in [-0.3, -0.25) is 4.98 Å². The normalized spacial score (nSPS) is 11.9. The van der Waals surface area contributed by atoms with Crippen molar-refractivity contribution in [3.63, 3.8) is 0 Å². The first kappa shape index (κ1) is 35.1. The quantitative estimate of drug-likeness (QED) is 0.0893. The molecule has 4 rings (SSSR count). The van der Waals surface area contributed by atoms with Gasteiger partial charge in [-0.15, -0.1) is 13.2 Å². The molecule has 0 saturated carbocycles. The molecule has 2 aromatic carbocycles. The second-order valence-electron chi connectivity index (χ2n) is 11.4. The van der Waals surface area contributed by atoms with Crippen LogP contribution in [-0.4, -0.2) is 70.4 Å². The zero-order chi connectivity index (χ0) is 34.4. The zero-order valence-corrected chi connectivity index (χ0v) is 25.7. The number of pyridine rings is 2. The summed E-state index contributed by atoms with van der Waals surface area (Å²) >= 11 is 0. The Kier molecular flexibility index (Phi) is 11.0. The van der Waals surface area contributed by atoms with E-state index >= 15 is 0 Å². The Bertz CT molecular complexity index is 1720. The van der Waals surface area contributed by atoms with Crippen LogP contribution < -0.4 is 9.47 Å². The first-order valence-electron chi connectivity index (χ1n) is 14.4. The Morgan fingerprint density at radius 2 is 1.64 bits per heavy atom. The van der Waals surface area contributed by atoms with E-state index in [2.05, 4.69) is 14.7 Å². The predicted molar refractivity (Wildman–Crippen MR) is 159 cm³/mol. The maximum atomic E-state index is 14.3. The number of benzene rings is 2. The van der Waals surface area contributed by atoms with E-state index in [1.54, 1.807) is 45.3 Å². The molecule has 47 heavy (non-hydrogen) atoms. The van der Waals surface area contributed by atoms with Crippen LogP contribution in [-0.2, 0) is 16.0 Å².